The summed E-state index contributed by atoms with van der Waals surface area (Å²) in [7, 11) is 1.21. The molecular formula is C25H42O4. The molecule has 8 atom stereocenters. The van der Waals surface area contributed by atoms with Crippen LogP contribution in [-0.4, -0.2) is 29.1 Å². The van der Waals surface area contributed by atoms with Crippen molar-refractivity contribution in [3.63, 3.8) is 0 Å². The van der Waals surface area contributed by atoms with Gasteiger partial charge in [0.25, 0.3) is 5.79 Å². The van der Waals surface area contributed by atoms with Crippen molar-refractivity contribution in [2.75, 3.05) is 7.11 Å². The van der Waals surface area contributed by atoms with Crippen LogP contribution in [0.25, 0.3) is 0 Å². The van der Waals surface area contributed by atoms with Crippen LogP contribution in [0.5, 0.6) is 0 Å². The van der Waals surface area contributed by atoms with Crippen molar-refractivity contribution < 1.29 is 19.7 Å². The Bertz CT molecular complexity index is 630. The molecule has 0 bridgehead atoms. The molecular weight excluding hydrogens is 364 g/mol. The zero-order valence-electron chi connectivity index (χ0n) is 19.0. The summed E-state index contributed by atoms with van der Waals surface area (Å²) in [5.74, 6) is 0.688. The maximum atomic E-state index is 11.8. The molecule has 4 rings (SSSR count). The highest BCUT2D eigenvalue weighted by Gasteiger charge is 2.60. The van der Waals surface area contributed by atoms with Gasteiger partial charge in [0.2, 0.25) is 0 Å². The number of carbonyl (C=O) groups is 1. The van der Waals surface area contributed by atoms with Gasteiger partial charge in [0.15, 0.2) is 0 Å². The molecule has 0 heterocycles. The lowest BCUT2D eigenvalue weighted by molar-refractivity contribution is -0.214. The lowest BCUT2D eigenvalue weighted by atomic mass is 9.44. The number of carbonyl (C=O) groups excluding carboxylic acids is 1. The quantitative estimate of drug-likeness (QED) is 0.514. The zero-order chi connectivity index (χ0) is 21.0. The molecule has 4 nitrogen and oxygen atoms in total. The number of fused-ring (bicyclic) bond motifs is 5. The molecule has 0 radical (unpaired) electrons. The van der Waals surface area contributed by atoms with Gasteiger partial charge in [0, 0.05) is 6.42 Å². The Labute approximate surface area is 176 Å². The first kappa shape index (κ1) is 21.6. The minimum atomic E-state index is -2.37. The molecule has 4 aliphatic carbocycles. The number of hydrogen-bond acceptors (Lipinski definition) is 4. The van der Waals surface area contributed by atoms with Crippen molar-refractivity contribution in [3.8, 4) is 0 Å². The number of ether oxygens (including phenoxy) is 1. The Morgan fingerprint density at radius 2 is 1.72 bits per heavy atom. The van der Waals surface area contributed by atoms with Gasteiger partial charge in [0.05, 0.1) is 7.11 Å². The van der Waals surface area contributed by atoms with Crippen LogP contribution in [0.15, 0.2) is 0 Å². The fourth-order valence-corrected chi connectivity index (χ4v) is 9.11. The van der Waals surface area contributed by atoms with Crippen molar-refractivity contribution in [2.45, 2.75) is 97.2 Å². The van der Waals surface area contributed by atoms with Crippen LogP contribution in [0.2, 0.25) is 0 Å². The van der Waals surface area contributed by atoms with Crippen LogP contribution in [0.3, 0.4) is 0 Å². The Balaban J connectivity index is 1.51. The van der Waals surface area contributed by atoms with Crippen molar-refractivity contribution in [1.29, 1.82) is 0 Å². The van der Waals surface area contributed by atoms with Gasteiger partial charge in [-0.25, -0.2) is 4.79 Å². The van der Waals surface area contributed by atoms with Gasteiger partial charge >= 0.3 is 5.97 Å². The molecule has 29 heavy (non-hydrogen) atoms. The van der Waals surface area contributed by atoms with Crippen LogP contribution in [-0.2, 0) is 9.53 Å². The Morgan fingerprint density at radius 3 is 2.45 bits per heavy atom. The third-order valence-electron chi connectivity index (χ3n) is 10.5. The first-order valence-corrected chi connectivity index (χ1v) is 12.2. The summed E-state index contributed by atoms with van der Waals surface area (Å²) in [5.41, 5.74) is 0.826. The van der Waals surface area contributed by atoms with Crippen molar-refractivity contribution in [2.24, 2.45) is 46.3 Å². The number of rotatable bonds is 4. The van der Waals surface area contributed by atoms with Crippen LogP contribution in [0, 0.1) is 46.3 Å². The summed E-state index contributed by atoms with van der Waals surface area (Å²) >= 11 is 0. The van der Waals surface area contributed by atoms with E-state index >= 15 is 0 Å². The first-order valence-electron chi connectivity index (χ1n) is 12.2. The second-order valence-electron chi connectivity index (χ2n) is 11.6. The summed E-state index contributed by atoms with van der Waals surface area (Å²) in [6, 6.07) is 0. The molecule has 4 heteroatoms. The fourth-order valence-electron chi connectivity index (χ4n) is 9.11. The molecule has 0 aromatic heterocycles. The molecule has 0 aromatic carbocycles. The van der Waals surface area contributed by atoms with Crippen LogP contribution in [0.1, 0.15) is 91.4 Å². The van der Waals surface area contributed by atoms with E-state index in [1.165, 1.54) is 64.9 Å². The lowest BCUT2D eigenvalue weighted by Gasteiger charge is -2.61. The Morgan fingerprint density at radius 1 is 1.00 bits per heavy atom. The van der Waals surface area contributed by atoms with Gasteiger partial charge in [-0.05, 0) is 97.7 Å². The highest BCUT2D eigenvalue weighted by atomic mass is 16.6. The third kappa shape index (κ3) is 3.37. The van der Waals surface area contributed by atoms with Gasteiger partial charge in [-0.1, -0.05) is 33.6 Å². The average Bonchev–Trinajstić information content (AvgIpc) is 3.03. The van der Waals surface area contributed by atoms with E-state index < -0.39 is 11.8 Å². The maximum Gasteiger partial charge on any atom is 0.366 e. The minimum Gasteiger partial charge on any atom is -0.465 e. The van der Waals surface area contributed by atoms with E-state index in [1.807, 2.05) is 0 Å². The van der Waals surface area contributed by atoms with E-state index in [-0.39, 0.29) is 17.8 Å². The minimum absolute atomic E-state index is 0.0700. The van der Waals surface area contributed by atoms with E-state index in [9.17, 15) is 15.0 Å². The largest absolute Gasteiger partial charge is 0.465 e. The van der Waals surface area contributed by atoms with Crippen molar-refractivity contribution >= 4 is 5.97 Å². The summed E-state index contributed by atoms with van der Waals surface area (Å²) in [6.07, 6.45) is 13.7. The van der Waals surface area contributed by atoms with E-state index in [1.54, 1.807) is 0 Å². The third-order valence-corrected chi connectivity index (χ3v) is 10.5. The second kappa shape index (κ2) is 7.51. The zero-order valence-corrected chi connectivity index (χ0v) is 19.0. The van der Waals surface area contributed by atoms with E-state index in [0.29, 0.717) is 11.3 Å². The number of methoxy groups -OCH3 is 1. The number of hydrogen-bond donors (Lipinski definition) is 2. The average molecular weight is 407 g/mol. The van der Waals surface area contributed by atoms with Gasteiger partial charge < -0.3 is 14.9 Å². The molecule has 2 N–H and O–H groups in total. The molecule has 166 valence electrons. The number of esters is 1. The lowest BCUT2D eigenvalue weighted by Crippen LogP contribution is -2.53. The number of aliphatic hydroxyl groups is 2. The predicted molar refractivity (Wildman–Crippen MR) is 113 cm³/mol. The van der Waals surface area contributed by atoms with Gasteiger partial charge in [-0.15, -0.1) is 0 Å². The molecule has 4 fully saturated rings. The van der Waals surface area contributed by atoms with Gasteiger partial charge in [-0.2, -0.15) is 0 Å². The van der Waals surface area contributed by atoms with Crippen LogP contribution >= 0.6 is 0 Å². The maximum absolute atomic E-state index is 11.8. The molecule has 4 saturated carbocycles. The monoisotopic (exact) mass is 406 g/mol. The van der Waals surface area contributed by atoms with E-state index in [4.69, 9.17) is 0 Å². The van der Waals surface area contributed by atoms with E-state index in [0.717, 1.165) is 30.1 Å². The molecule has 0 spiro atoms. The summed E-state index contributed by atoms with van der Waals surface area (Å²) in [4.78, 5) is 11.8. The fraction of sp³-hybridized carbons (Fsp3) is 0.960. The SMILES string of the molecule is COC(=O)C(O)(O)CC(C)[C@H]1CC[C@H]2[C@@H]3CC[C@@H]4CCCC[C@]4(C)[C@H]3CC[C@]12C. The van der Waals surface area contributed by atoms with Gasteiger partial charge in [-0.3, -0.25) is 0 Å². The van der Waals surface area contributed by atoms with Crippen LogP contribution < -0.4 is 0 Å². The topological polar surface area (TPSA) is 66.8 Å². The molecule has 0 saturated heterocycles. The standard InChI is InChI=1S/C25H42O4/c1-16(15-25(27,28)22(26)29-4)19-10-11-20-18-9-8-17-7-5-6-13-23(17,2)21(18)12-14-24(19,20)3/h16-21,27-28H,5-15H2,1-4H3/t16?,17-,18-,19+,20-,21-,23-,24+/m0/s1. The summed E-state index contributed by atoms with van der Waals surface area (Å²) in [6.45, 7) is 7.20. The molecule has 0 aromatic rings. The molecule has 0 amide bonds. The van der Waals surface area contributed by atoms with Crippen molar-refractivity contribution in [3.05, 3.63) is 0 Å². The summed E-state index contributed by atoms with van der Waals surface area (Å²) in [5, 5.41) is 20.5. The van der Waals surface area contributed by atoms with Gasteiger partial charge in [0.1, 0.15) is 0 Å². The highest BCUT2D eigenvalue weighted by molar-refractivity contribution is 5.76. The van der Waals surface area contributed by atoms with Crippen LogP contribution in [0.4, 0.5) is 0 Å². The molecule has 1 unspecified atom stereocenters. The smallest absolute Gasteiger partial charge is 0.366 e. The first-order chi connectivity index (χ1) is 13.6. The molecule has 4 aliphatic rings. The normalized spacial score (nSPS) is 45.7. The predicted octanol–water partition coefficient (Wildman–Crippen LogP) is 4.92. The Kier molecular flexibility index (Phi) is 5.60. The summed E-state index contributed by atoms with van der Waals surface area (Å²) < 4.78 is 4.60. The van der Waals surface area contributed by atoms with E-state index in [2.05, 4.69) is 25.5 Å². The van der Waals surface area contributed by atoms with Crippen molar-refractivity contribution in [1.82, 2.24) is 0 Å². The second-order valence-corrected chi connectivity index (χ2v) is 11.6. The highest BCUT2D eigenvalue weighted by Crippen LogP contribution is 2.68. The molecule has 0 aliphatic heterocycles. The Hall–Kier alpha value is -0.610.